The average Bonchev–Trinajstić information content (AvgIpc) is 3.10. The average molecular weight is 628 g/mol. The fraction of sp³-hybridized carbons (Fsp3) is 0.545. The Balaban J connectivity index is 1.44. The lowest BCUT2D eigenvalue weighted by Gasteiger charge is -2.46. The second-order valence-electron chi connectivity index (χ2n) is 13.0. The van der Waals surface area contributed by atoms with Gasteiger partial charge in [0.2, 0.25) is 0 Å². The van der Waals surface area contributed by atoms with Crippen molar-refractivity contribution in [1.29, 1.82) is 0 Å². The molecule has 5 atom stereocenters. The summed E-state index contributed by atoms with van der Waals surface area (Å²) >= 11 is 6.41. The van der Waals surface area contributed by atoms with Gasteiger partial charge in [-0.05, 0) is 91.3 Å². The van der Waals surface area contributed by atoms with Crippen molar-refractivity contribution in [2.24, 2.45) is 17.8 Å². The maximum atomic E-state index is 13.6. The Morgan fingerprint density at radius 1 is 1.16 bits per heavy atom. The van der Waals surface area contributed by atoms with Crippen molar-refractivity contribution >= 4 is 33.2 Å². The number of nitrogens with zero attached hydrogens (tertiary/aromatic N) is 1. The van der Waals surface area contributed by atoms with Crippen LogP contribution in [-0.2, 0) is 31.4 Å². The molecule has 2 aromatic carbocycles. The topological polar surface area (TPSA) is 97.0 Å². The van der Waals surface area contributed by atoms with Crippen LogP contribution in [0.3, 0.4) is 0 Å². The van der Waals surface area contributed by atoms with Crippen LogP contribution in [0.2, 0.25) is 5.02 Å². The van der Waals surface area contributed by atoms with Crippen LogP contribution in [-0.4, -0.2) is 59.8 Å². The first-order chi connectivity index (χ1) is 20.6. The van der Waals surface area contributed by atoms with E-state index in [0.29, 0.717) is 37.3 Å². The molecule has 0 radical (unpaired) electrons. The lowest BCUT2D eigenvalue weighted by Crippen LogP contribution is -2.50. The Kier molecular flexibility index (Phi) is 8.54. The van der Waals surface area contributed by atoms with Gasteiger partial charge in [0.1, 0.15) is 5.75 Å². The Morgan fingerprint density at radius 2 is 2.00 bits per heavy atom. The molecule has 1 unspecified atom stereocenters. The van der Waals surface area contributed by atoms with Gasteiger partial charge in [-0.2, -0.15) is 0 Å². The van der Waals surface area contributed by atoms with Crippen LogP contribution in [0.5, 0.6) is 5.75 Å². The van der Waals surface area contributed by atoms with Crippen LogP contribution in [0.1, 0.15) is 50.7 Å². The number of carbonyl (C=O) groups excluding carboxylic acids is 1. The van der Waals surface area contributed by atoms with Gasteiger partial charge < -0.3 is 19.7 Å². The Hall–Kier alpha value is -2.59. The first kappa shape index (κ1) is 30.4. The molecule has 8 nitrogen and oxygen atoms in total. The zero-order chi connectivity index (χ0) is 30.4. The number of fused-ring (bicyclic) bond motifs is 4. The Bertz CT molecular complexity index is 1510. The third-order valence-corrected chi connectivity index (χ3v) is 11.5. The standard InChI is InChI=1S/C33H42ClN3O5S/c1-21(2)31-32(38)36-43(39,40)25-10-13-30-28(17-25)37(18-23-8-11-26(23)29(41-3)7-5-15-35-31)19-33(20-42-30)14-4-6-22-16-24(34)9-12-27(22)33/h5,7,9-10,12-13,16-17,21,23,26,29,31,35H,4,6,8,11,14-15,18-20H2,1-3H3,(H,36,38)/b7-5+/t23-,26+,29+,31?,33-/m0/s1. The highest BCUT2D eigenvalue weighted by Gasteiger charge is 2.44. The van der Waals surface area contributed by atoms with E-state index in [2.05, 4.69) is 33.1 Å². The monoisotopic (exact) mass is 627 g/mol. The fourth-order valence-corrected chi connectivity index (χ4v) is 8.70. The van der Waals surface area contributed by atoms with Gasteiger partial charge in [0, 0.05) is 37.2 Å². The normalized spacial score (nSPS) is 31.2. The molecule has 1 spiro atoms. The fourth-order valence-electron chi connectivity index (χ4n) is 7.48. The van der Waals surface area contributed by atoms with Crippen molar-refractivity contribution < 1.29 is 22.7 Å². The summed E-state index contributed by atoms with van der Waals surface area (Å²) in [5.41, 5.74) is 3.00. The molecule has 232 valence electrons. The third-order valence-electron chi connectivity index (χ3n) is 9.91. The van der Waals surface area contributed by atoms with E-state index in [0.717, 1.165) is 49.4 Å². The van der Waals surface area contributed by atoms with Crippen molar-refractivity contribution in [3.05, 3.63) is 64.7 Å². The van der Waals surface area contributed by atoms with Gasteiger partial charge in [-0.15, -0.1) is 0 Å². The van der Waals surface area contributed by atoms with Crippen LogP contribution >= 0.6 is 11.6 Å². The van der Waals surface area contributed by atoms with E-state index < -0.39 is 22.0 Å². The molecule has 1 amide bonds. The summed E-state index contributed by atoms with van der Waals surface area (Å²) in [4.78, 5) is 15.6. The minimum Gasteiger partial charge on any atom is -0.490 e. The zero-order valence-electron chi connectivity index (χ0n) is 25.1. The number of rotatable bonds is 2. The molecule has 0 saturated heterocycles. The van der Waals surface area contributed by atoms with E-state index in [1.807, 2.05) is 26.0 Å². The van der Waals surface area contributed by atoms with Crippen molar-refractivity contribution in [3.8, 4) is 5.75 Å². The summed E-state index contributed by atoms with van der Waals surface area (Å²) in [6.45, 7) is 6.17. The number of aryl methyl sites for hydroxylation is 1. The van der Waals surface area contributed by atoms with E-state index in [4.69, 9.17) is 21.1 Å². The predicted molar refractivity (Wildman–Crippen MR) is 168 cm³/mol. The van der Waals surface area contributed by atoms with Gasteiger partial charge in [-0.25, -0.2) is 13.1 Å². The molecule has 2 aromatic rings. The molecule has 10 heteroatoms. The van der Waals surface area contributed by atoms with Crippen LogP contribution in [0, 0.1) is 17.8 Å². The van der Waals surface area contributed by atoms with Crippen LogP contribution in [0.15, 0.2) is 53.4 Å². The third kappa shape index (κ3) is 5.93. The van der Waals surface area contributed by atoms with Gasteiger partial charge in [0.25, 0.3) is 15.9 Å². The maximum Gasteiger partial charge on any atom is 0.264 e. The van der Waals surface area contributed by atoms with E-state index in [1.54, 1.807) is 19.2 Å². The number of amides is 1. The number of halogens is 1. The largest absolute Gasteiger partial charge is 0.490 e. The lowest BCUT2D eigenvalue weighted by molar-refractivity contribution is -0.122. The van der Waals surface area contributed by atoms with Gasteiger partial charge in [0.05, 0.1) is 29.3 Å². The highest BCUT2D eigenvalue weighted by molar-refractivity contribution is 7.90. The van der Waals surface area contributed by atoms with Crippen molar-refractivity contribution in [2.45, 2.75) is 68.4 Å². The van der Waals surface area contributed by atoms with Gasteiger partial charge >= 0.3 is 0 Å². The second-order valence-corrected chi connectivity index (χ2v) is 15.1. The highest BCUT2D eigenvalue weighted by Crippen LogP contribution is 2.47. The predicted octanol–water partition coefficient (Wildman–Crippen LogP) is 4.84. The van der Waals surface area contributed by atoms with E-state index >= 15 is 0 Å². The van der Waals surface area contributed by atoms with Crippen LogP contribution in [0.25, 0.3) is 0 Å². The first-order valence-electron chi connectivity index (χ1n) is 15.4. The number of anilines is 1. The molecule has 2 heterocycles. The lowest BCUT2D eigenvalue weighted by atomic mass is 9.68. The summed E-state index contributed by atoms with van der Waals surface area (Å²) in [7, 11) is -2.37. The molecule has 1 fully saturated rings. The van der Waals surface area contributed by atoms with Gasteiger partial charge in [0.15, 0.2) is 0 Å². The molecule has 43 heavy (non-hydrogen) atoms. The first-order valence-corrected chi connectivity index (χ1v) is 17.3. The van der Waals surface area contributed by atoms with Gasteiger partial charge in [-0.1, -0.05) is 43.7 Å². The Morgan fingerprint density at radius 3 is 2.74 bits per heavy atom. The second kappa shape index (κ2) is 12.1. The quantitative estimate of drug-likeness (QED) is 0.460. The van der Waals surface area contributed by atoms with E-state index in [-0.39, 0.29) is 22.3 Å². The summed E-state index contributed by atoms with van der Waals surface area (Å²) in [6.07, 6.45) is 9.15. The smallest absolute Gasteiger partial charge is 0.264 e. The molecule has 2 bridgehead atoms. The number of hydrogen-bond acceptors (Lipinski definition) is 7. The Labute approximate surface area is 260 Å². The van der Waals surface area contributed by atoms with Crippen molar-refractivity contribution in [1.82, 2.24) is 10.0 Å². The molecule has 2 N–H and O–H groups in total. The molecule has 0 aromatic heterocycles. The number of ether oxygens (including phenoxy) is 2. The molecule has 6 rings (SSSR count). The van der Waals surface area contributed by atoms with Crippen LogP contribution in [0.4, 0.5) is 5.69 Å². The number of carbonyl (C=O) groups is 1. The number of benzene rings is 2. The summed E-state index contributed by atoms with van der Waals surface area (Å²) in [6, 6.07) is 10.5. The number of nitrogens with one attached hydrogen (secondary N) is 2. The molecule has 2 aliphatic carbocycles. The molecule has 2 aliphatic heterocycles. The number of hydrogen-bond donors (Lipinski definition) is 2. The molecular weight excluding hydrogens is 586 g/mol. The summed E-state index contributed by atoms with van der Waals surface area (Å²) < 4.78 is 42.0. The zero-order valence-corrected chi connectivity index (χ0v) is 26.7. The summed E-state index contributed by atoms with van der Waals surface area (Å²) in [5.74, 6) is 0.681. The number of sulfonamides is 1. The number of methoxy groups -OCH3 is 1. The molecular formula is C33H42ClN3O5S. The molecule has 4 aliphatic rings. The van der Waals surface area contributed by atoms with E-state index in [9.17, 15) is 13.2 Å². The van der Waals surface area contributed by atoms with E-state index in [1.165, 1.54) is 17.2 Å². The molecule has 1 saturated carbocycles. The highest BCUT2D eigenvalue weighted by atomic mass is 35.5. The van der Waals surface area contributed by atoms with Crippen LogP contribution < -0.4 is 19.7 Å². The van der Waals surface area contributed by atoms with Gasteiger partial charge in [-0.3, -0.25) is 4.79 Å². The maximum absolute atomic E-state index is 13.6. The SMILES string of the molecule is CO[C@@H]1/C=C/CNC(C(C)C)C(=O)NS(=O)(=O)c2ccc3c(c2)N(C[C@@H]2CC[C@H]21)C[C@@]1(CCCc2cc(Cl)ccc21)CO3. The minimum atomic E-state index is -4.12. The van der Waals surface area contributed by atoms with Crippen molar-refractivity contribution in [2.75, 3.05) is 38.3 Å². The van der Waals surface area contributed by atoms with Crippen molar-refractivity contribution in [3.63, 3.8) is 0 Å². The summed E-state index contributed by atoms with van der Waals surface area (Å²) in [5, 5.41) is 3.95. The minimum absolute atomic E-state index is 0.0410.